The van der Waals surface area contributed by atoms with Crippen LogP contribution in [0.15, 0.2) is 67.5 Å². The van der Waals surface area contributed by atoms with Crippen molar-refractivity contribution in [2.24, 2.45) is 0 Å². The number of rotatable bonds is 7. The van der Waals surface area contributed by atoms with Crippen molar-refractivity contribution in [1.82, 2.24) is 4.98 Å². The third kappa shape index (κ3) is 4.45. The maximum atomic E-state index is 11.5. The first-order valence-electron chi connectivity index (χ1n) is 10.5. The van der Waals surface area contributed by atoms with Gasteiger partial charge in [-0.2, -0.15) is 0 Å². The number of nitrogens with zero attached hydrogens (tertiary/aromatic N) is 2. The van der Waals surface area contributed by atoms with Crippen LogP contribution in [0.3, 0.4) is 0 Å². The monoisotopic (exact) mass is 414 g/mol. The highest BCUT2D eigenvalue weighted by molar-refractivity contribution is 5.89. The lowest BCUT2D eigenvalue weighted by atomic mass is 9.87. The summed E-state index contributed by atoms with van der Waals surface area (Å²) in [5.41, 5.74) is 5.55. The minimum absolute atomic E-state index is 0.330. The predicted octanol–water partition coefficient (Wildman–Crippen LogP) is 5.69. The average Bonchev–Trinajstić information content (AvgIpc) is 2.82. The van der Waals surface area contributed by atoms with Crippen LogP contribution in [0.4, 0.5) is 11.4 Å². The molecule has 4 rings (SSSR count). The van der Waals surface area contributed by atoms with Crippen LogP contribution in [0.5, 0.6) is 5.75 Å². The molecule has 0 fully saturated rings. The molecule has 0 saturated carbocycles. The molecule has 1 aromatic heterocycles. The second kappa shape index (κ2) is 9.04. The van der Waals surface area contributed by atoms with E-state index >= 15 is 0 Å². The standard InChI is InChI=1S/C26H26N2O3/c1-3-18-4-8-21(9-5-18)28(2)22-10-11-23-19(13-15-31-25(23)16-22)6-7-20-17-27-14-12-24(20)26(29)30/h3-5,8-12,14,16-17,19H,1,6-7,13,15H2,2H3,(H,29,30)/t19-/m1/s1. The molecule has 1 aliphatic heterocycles. The topological polar surface area (TPSA) is 62.7 Å². The Bertz CT molecular complexity index is 1090. The van der Waals surface area contributed by atoms with Crippen molar-refractivity contribution >= 4 is 23.4 Å². The van der Waals surface area contributed by atoms with Gasteiger partial charge in [-0.15, -0.1) is 0 Å². The smallest absolute Gasteiger partial charge is 0.336 e. The van der Waals surface area contributed by atoms with Gasteiger partial charge in [-0.1, -0.05) is 30.9 Å². The molecule has 2 heterocycles. The number of ether oxygens (including phenoxy) is 1. The van der Waals surface area contributed by atoms with Gasteiger partial charge < -0.3 is 14.7 Å². The molecular formula is C26H26N2O3. The molecule has 0 amide bonds. The summed E-state index contributed by atoms with van der Waals surface area (Å²) in [4.78, 5) is 17.7. The van der Waals surface area contributed by atoms with Crippen molar-refractivity contribution in [1.29, 1.82) is 0 Å². The molecule has 0 aliphatic carbocycles. The van der Waals surface area contributed by atoms with Gasteiger partial charge in [-0.3, -0.25) is 4.98 Å². The Morgan fingerprint density at radius 1 is 1.23 bits per heavy atom. The SMILES string of the molecule is C=Cc1ccc(N(C)c2ccc3c(c2)OCC[C@H]3CCc2cnccc2C(=O)O)cc1. The maximum absolute atomic E-state index is 11.5. The van der Waals surface area contributed by atoms with E-state index in [4.69, 9.17) is 4.74 Å². The normalized spacial score (nSPS) is 14.9. The number of pyridine rings is 1. The molecule has 0 unspecified atom stereocenters. The summed E-state index contributed by atoms with van der Waals surface area (Å²) in [6.07, 6.45) is 7.49. The zero-order chi connectivity index (χ0) is 21.8. The summed E-state index contributed by atoms with van der Waals surface area (Å²) in [6, 6.07) is 16.2. The third-order valence-corrected chi connectivity index (χ3v) is 5.96. The fraction of sp³-hybridized carbons (Fsp3) is 0.231. The number of hydrogen-bond acceptors (Lipinski definition) is 4. The number of anilines is 2. The number of fused-ring (bicyclic) bond motifs is 1. The molecule has 31 heavy (non-hydrogen) atoms. The van der Waals surface area contributed by atoms with Gasteiger partial charge in [0.2, 0.25) is 0 Å². The largest absolute Gasteiger partial charge is 0.493 e. The van der Waals surface area contributed by atoms with Crippen LogP contribution in [-0.2, 0) is 6.42 Å². The van der Waals surface area contributed by atoms with E-state index in [1.807, 2.05) is 25.3 Å². The number of hydrogen-bond donors (Lipinski definition) is 1. The van der Waals surface area contributed by atoms with Crippen LogP contribution in [0.2, 0.25) is 0 Å². The molecule has 1 N–H and O–H groups in total. The van der Waals surface area contributed by atoms with Gasteiger partial charge in [0.25, 0.3) is 0 Å². The maximum Gasteiger partial charge on any atom is 0.336 e. The highest BCUT2D eigenvalue weighted by Gasteiger charge is 2.23. The Balaban J connectivity index is 1.52. The summed E-state index contributed by atoms with van der Waals surface area (Å²) in [7, 11) is 2.04. The zero-order valence-corrected chi connectivity index (χ0v) is 17.6. The van der Waals surface area contributed by atoms with E-state index in [0.29, 0.717) is 24.5 Å². The Kier molecular flexibility index (Phi) is 6.03. The van der Waals surface area contributed by atoms with Crippen LogP contribution in [0.25, 0.3) is 6.08 Å². The summed E-state index contributed by atoms with van der Waals surface area (Å²) >= 11 is 0. The van der Waals surface area contributed by atoms with Gasteiger partial charge in [0.1, 0.15) is 5.75 Å². The number of aryl methyl sites for hydroxylation is 1. The number of aromatic carboxylic acids is 1. The Hall–Kier alpha value is -3.60. The first kappa shape index (κ1) is 20.7. The van der Waals surface area contributed by atoms with Crippen molar-refractivity contribution < 1.29 is 14.6 Å². The highest BCUT2D eigenvalue weighted by atomic mass is 16.5. The number of carboxylic acid groups (broad SMARTS) is 1. The van der Waals surface area contributed by atoms with Crippen LogP contribution in [0, 0.1) is 0 Å². The molecule has 5 heteroatoms. The zero-order valence-electron chi connectivity index (χ0n) is 17.6. The van der Waals surface area contributed by atoms with Crippen molar-refractivity contribution in [2.75, 3.05) is 18.6 Å². The van der Waals surface area contributed by atoms with Crippen molar-refractivity contribution in [3.05, 3.63) is 89.8 Å². The van der Waals surface area contributed by atoms with Crippen molar-refractivity contribution in [3.8, 4) is 5.75 Å². The minimum Gasteiger partial charge on any atom is -0.493 e. The van der Waals surface area contributed by atoms with Gasteiger partial charge in [-0.05, 0) is 66.1 Å². The molecule has 0 saturated heterocycles. The first-order chi connectivity index (χ1) is 15.1. The van der Waals surface area contributed by atoms with Crippen LogP contribution >= 0.6 is 0 Å². The van der Waals surface area contributed by atoms with Gasteiger partial charge in [-0.25, -0.2) is 4.79 Å². The van der Waals surface area contributed by atoms with E-state index in [-0.39, 0.29) is 0 Å². The summed E-state index contributed by atoms with van der Waals surface area (Å²) in [6.45, 7) is 4.47. The lowest BCUT2D eigenvalue weighted by Crippen LogP contribution is -2.17. The molecule has 3 aromatic rings. The van der Waals surface area contributed by atoms with Crippen LogP contribution < -0.4 is 9.64 Å². The lowest BCUT2D eigenvalue weighted by Gasteiger charge is -2.28. The minimum atomic E-state index is -0.904. The molecule has 5 nitrogen and oxygen atoms in total. The van der Waals surface area contributed by atoms with Gasteiger partial charge >= 0.3 is 5.97 Å². The third-order valence-electron chi connectivity index (χ3n) is 5.96. The van der Waals surface area contributed by atoms with Gasteiger partial charge in [0.05, 0.1) is 12.2 Å². The molecule has 2 aromatic carbocycles. The number of carboxylic acids is 1. The number of benzene rings is 2. The lowest BCUT2D eigenvalue weighted by molar-refractivity contribution is 0.0695. The number of aromatic nitrogens is 1. The summed E-state index contributed by atoms with van der Waals surface area (Å²) in [5, 5.41) is 9.41. The first-order valence-corrected chi connectivity index (χ1v) is 10.5. The van der Waals surface area contributed by atoms with E-state index in [2.05, 4.69) is 46.8 Å². The van der Waals surface area contributed by atoms with Crippen molar-refractivity contribution in [3.63, 3.8) is 0 Å². The summed E-state index contributed by atoms with van der Waals surface area (Å²) in [5.74, 6) is 0.336. The van der Waals surface area contributed by atoms with E-state index in [9.17, 15) is 9.90 Å². The molecule has 0 bridgehead atoms. The van der Waals surface area contributed by atoms with Gasteiger partial charge in [0.15, 0.2) is 0 Å². The Morgan fingerprint density at radius 3 is 2.74 bits per heavy atom. The van der Waals surface area contributed by atoms with E-state index in [1.54, 1.807) is 12.3 Å². The molecule has 0 spiro atoms. The molecular weight excluding hydrogens is 388 g/mol. The Morgan fingerprint density at radius 2 is 2.00 bits per heavy atom. The fourth-order valence-corrected chi connectivity index (χ4v) is 4.11. The van der Waals surface area contributed by atoms with Crippen LogP contribution in [0.1, 0.15) is 45.8 Å². The molecule has 1 atom stereocenters. The van der Waals surface area contributed by atoms with Gasteiger partial charge in [0, 0.05) is 36.9 Å². The second-order valence-electron chi connectivity index (χ2n) is 7.79. The molecule has 158 valence electrons. The van der Waals surface area contributed by atoms with E-state index < -0.39 is 5.97 Å². The predicted molar refractivity (Wildman–Crippen MR) is 123 cm³/mol. The summed E-state index contributed by atoms with van der Waals surface area (Å²) < 4.78 is 5.98. The highest BCUT2D eigenvalue weighted by Crippen LogP contribution is 2.39. The Labute approximate surface area is 182 Å². The average molecular weight is 415 g/mol. The quantitative estimate of drug-likeness (QED) is 0.538. The van der Waals surface area contributed by atoms with E-state index in [1.165, 1.54) is 11.8 Å². The van der Waals surface area contributed by atoms with Crippen molar-refractivity contribution in [2.45, 2.75) is 25.2 Å². The van der Waals surface area contributed by atoms with Crippen LogP contribution in [-0.4, -0.2) is 29.7 Å². The number of carbonyl (C=O) groups is 1. The molecule has 1 aliphatic rings. The second-order valence-corrected chi connectivity index (χ2v) is 7.79. The molecule has 0 radical (unpaired) electrons. The fourth-order valence-electron chi connectivity index (χ4n) is 4.11. The van der Waals surface area contributed by atoms with E-state index in [0.717, 1.165) is 41.1 Å².